The molecule has 0 bridgehead atoms. The van der Waals surface area contributed by atoms with Crippen LogP contribution in [0.15, 0.2) is 57.9 Å². The Morgan fingerprint density at radius 3 is 2.46 bits per heavy atom. The Balaban J connectivity index is 2.24. The molecule has 0 saturated heterocycles. The van der Waals surface area contributed by atoms with Crippen LogP contribution >= 0.6 is 15.9 Å². The van der Waals surface area contributed by atoms with Crippen molar-refractivity contribution in [2.45, 2.75) is 24.7 Å². The standard InChI is InChI=1S/C18H18BrNO3S/c1-13-4-7-17(8-5-13)24(22,23)20-16(3-2-10-21)12-14-11-15(19)6-9-18(14)20/h4-9,11-12,21H,2-3,10H2,1H3. The van der Waals surface area contributed by atoms with Gasteiger partial charge in [-0.2, -0.15) is 0 Å². The van der Waals surface area contributed by atoms with Gasteiger partial charge < -0.3 is 5.11 Å². The zero-order valence-corrected chi connectivity index (χ0v) is 15.6. The molecule has 0 unspecified atom stereocenters. The fourth-order valence-corrected chi connectivity index (χ4v) is 4.70. The molecule has 3 rings (SSSR count). The van der Waals surface area contributed by atoms with Gasteiger partial charge in [0.15, 0.2) is 0 Å². The third kappa shape index (κ3) is 3.14. The van der Waals surface area contributed by atoms with E-state index >= 15 is 0 Å². The van der Waals surface area contributed by atoms with Gasteiger partial charge in [0.2, 0.25) is 0 Å². The molecule has 126 valence electrons. The zero-order valence-electron chi connectivity index (χ0n) is 13.2. The van der Waals surface area contributed by atoms with Crippen molar-refractivity contribution in [1.29, 1.82) is 0 Å². The molecular formula is C18H18BrNO3S. The molecule has 1 aromatic heterocycles. The van der Waals surface area contributed by atoms with Gasteiger partial charge >= 0.3 is 0 Å². The minimum atomic E-state index is -3.69. The summed E-state index contributed by atoms with van der Waals surface area (Å²) < 4.78 is 28.7. The zero-order chi connectivity index (χ0) is 17.3. The topological polar surface area (TPSA) is 59.3 Å². The van der Waals surface area contributed by atoms with E-state index < -0.39 is 10.0 Å². The summed E-state index contributed by atoms with van der Waals surface area (Å²) in [6.45, 7) is 1.95. The lowest BCUT2D eigenvalue weighted by atomic mass is 10.2. The average molecular weight is 408 g/mol. The maximum Gasteiger partial charge on any atom is 0.268 e. The van der Waals surface area contributed by atoms with Gasteiger partial charge in [0, 0.05) is 22.2 Å². The number of aliphatic hydroxyl groups is 1. The molecule has 0 saturated carbocycles. The highest BCUT2D eigenvalue weighted by molar-refractivity contribution is 9.10. The normalized spacial score (nSPS) is 12.0. The first-order chi connectivity index (χ1) is 11.4. The van der Waals surface area contributed by atoms with E-state index in [4.69, 9.17) is 5.11 Å². The van der Waals surface area contributed by atoms with Gasteiger partial charge in [-0.1, -0.05) is 33.6 Å². The van der Waals surface area contributed by atoms with Gasteiger partial charge in [-0.3, -0.25) is 0 Å². The first-order valence-electron chi connectivity index (χ1n) is 7.66. The predicted octanol–water partition coefficient (Wildman–Crippen LogP) is 3.87. The van der Waals surface area contributed by atoms with Gasteiger partial charge in [-0.05, 0) is 56.2 Å². The van der Waals surface area contributed by atoms with E-state index in [2.05, 4.69) is 15.9 Å². The number of rotatable bonds is 5. The Hall–Kier alpha value is -1.63. The van der Waals surface area contributed by atoms with Crippen LogP contribution in [-0.4, -0.2) is 24.1 Å². The molecule has 0 aliphatic rings. The lowest BCUT2D eigenvalue weighted by Crippen LogP contribution is -2.16. The van der Waals surface area contributed by atoms with E-state index in [1.165, 1.54) is 3.97 Å². The highest BCUT2D eigenvalue weighted by Crippen LogP contribution is 2.28. The minimum Gasteiger partial charge on any atom is -0.396 e. The molecule has 24 heavy (non-hydrogen) atoms. The Morgan fingerprint density at radius 2 is 1.79 bits per heavy atom. The molecule has 0 radical (unpaired) electrons. The van der Waals surface area contributed by atoms with Crippen LogP contribution in [0.2, 0.25) is 0 Å². The maximum absolute atomic E-state index is 13.2. The van der Waals surface area contributed by atoms with E-state index in [1.807, 2.05) is 25.1 Å². The number of hydrogen-bond acceptors (Lipinski definition) is 3. The van der Waals surface area contributed by atoms with Crippen LogP contribution in [0.4, 0.5) is 0 Å². The van der Waals surface area contributed by atoms with Crippen LogP contribution in [-0.2, 0) is 16.4 Å². The Labute approximate surface area is 149 Å². The van der Waals surface area contributed by atoms with Crippen molar-refractivity contribution in [1.82, 2.24) is 3.97 Å². The average Bonchev–Trinajstić information content (AvgIpc) is 2.91. The van der Waals surface area contributed by atoms with Crippen molar-refractivity contribution in [2.75, 3.05) is 6.61 Å². The number of aliphatic hydroxyl groups excluding tert-OH is 1. The smallest absolute Gasteiger partial charge is 0.268 e. The van der Waals surface area contributed by atoms with E-state index in [1.54, 1.807) is 30.3 Å². The summed E-state index contributed by atoms with van der Waals surface area (Å²) in [6, 6.07) is 14.3. The Bertz CT molecular complexity index is 975. The summed E-state index contributed by atoms with van der Waals surface area (Å²) in [5.41, 5.74) is 2.33. The van der Waals surface area contributed by atoms with Crippen LogP contribution in [0, 0.1) is 6.92 Å². The lowest BCUT2D eigenvalue weighted by molar-refractivity contribution is 0.288. The van der Waals surface area contributed by atoms with Gasteiger partial charge in [-0.15, -0.1) is 0 Å². The van der Waals surface area contributed by atoms with E-state index in [-0.39, 0.29) is 11.5 Å². The van der Waals surface area contributed by atoms with Crippen LogP contribution < -0.4 is 0 Å². The second kappa shape index (κ2) is 6.70. The van der Waals surface area contributed by atoms with Crippen LogP contribution in [0.5, 0.6) is 0 Å². The quantitative estimate of drug-likeness (QED) is 0.697. The van der Waals surface area contributed by atoms with Crippen molar-refractivity contribution in [3.63, 3.8) is 0 Å². The van der Waals surface area contributed by atoms with Crippen LogP contribution in [0.1, 0.15) is 17.7 Å². The van der Waals surface area contributed by atoms with Crippen LogP contribution in [0.25, 0.3) is 10.9 Å². The first-order valence-corrected chi connectivity index (χ1v) is 9.90. The molecule has 0 aliphatic heterocycles. The molecule has 4 nitrogen and oxygen atoms in total. The SMILES string of the molecule is Cc1ccc(S(=O)(=O)n2c(CCCO)cc3cc(Br)ccc32)cc1. The second-order valence-corrected chi connectivity index (χ2v) is 8.45. The van der Waals surface area contributed by atoms with Crippen molar-refractivity contribution < 1.29 is 13.5 Å². The fourth-order valence-electron chi connectivity index (χ4n) is 2.75. The number of hydrogen-bond donors (Lipinski definition) is 1. The third-order valence-corrected chi connectivity index (χ3v) is 6.21. The maximum atomic E-state index is 13.2. The summed E-state index contributed by atoms with van der Waals surface area (Å²) in [5.74, 6) is 0. The summed E-state index contributed by atoms with van der Waals surface area (Å²) in [5, 5.41) is 9.98. The van der Waals surface area contributed by atoms with Gasteiger partial charge in [0.05, 0.1) is 10.4 Å². The summed E-state index contributed by atoms with van der Waals surface area (Å²) in [6.07, 6.45) is 1.01. The monoisotopic (exact) mass is 407 g/mol. The molecule has 3 aromatic rings. The molecule has 0 spiro atoms. The summed E-state index contributed by atoms with van der Waals surface area (Å²) in [7, 11) is -3.69. The number of fused-ring (bicyclic) bond motifs is 1. The molecule has 2 aromatic carbocycles. The van der Waals surface area contributed by atoms with E-state index in [0.29, 0.717) is 24.1 Å². The minimum absolute atomic E-state index is 0.0236. The summed E-state index contributed by atoms with van der Waals surface area (Å²) >= 11 is 3.42. The molecular weight excluding hydrogens is 390 g/mol. The van der Waals surface area contributed by atoms with Gasteiger partial charge in [0.1, 0.15) is 0 Å². The molecule has 0 atom stereocenters. The number of aromatic nitrogens is 1. The largest absolute Gasteiger partial charge is 0.396 e. The Morgan fingerprint density at radius 1 is 1.08 bits per heavy atom. The highest BCUT2D eigenvalue weighted by Gasteiger charge is 2.22. The molecule has 6 heteroatoms. The summed E-state index contributed by atoms with van der Waals surface area (Å²) in [4.78, 5) is 0.263. The number of halogens is 1. The third-order valence-electron chi connectivity index (χ3n) is 3.94. The number of aryl methyl sites for hydroxylation is 2. The number of benzene rings is 2. The van der Waals surface area contributed by atoms with Gasteiger partial charge in [-0.25, -0.2) is 12.4 Å². The van der Waals surface area contributed by atoms with Crippen molar-refractivity contribution >= 4 is 36.9 Å². The predicted molar refractivity (Wildman–Crippen MR) is 98.8 cm³/mol. The molecule has 0 fully saturated rings. The van der Waals surface area contributed by atoms with Crippen molar-refractivity contribution in [3.05, 3.63) is 64.3 Å². The van der Waals surface area contributed by atoms with Gasteiger partial charge in [0.25, 0.3) is 10.0 Å². The first kappa shape index (κ1) is 17.2. The second-order valence-electron chi connectivity index (χ2n) is 5.75. The van der Waals surface area contributed by atoms with Crippen molar-refractivity contribution in [2.24, 2.45) is 0 Å². The highest BCUT2D eigenvalue weighted by atomic mass is 79.9. The molecule has 1 N–H and O–H groups in total. The van der Waals surface area contributed by atoms with Crippen LogP contribution in [0.3, 0.4) is 0 Å². The van der Waals surface area contributed by atoms with E-state index in [9.17, 15) is 8.42 Å². The number of nitrogens with zero attached hydrogens (tertiary/aromatic N) is 1. The molecule has 0 amide bonds. The van der Waals surface area contributed by atoms with Crippen molar-refractivity contribution in [3.8, 4) is 0 Å². The fraction of sp³-hybridized carbons (Fsp3) is 0.222. The molecule has 0 aliphatic carbocycles. The Kier molecular flexibility index (Phi) is 4.80. The molecule has 1 heterocycles. The van der Waals surface area contributed by atoms with E-state index in [0.717, 1.165) is 15.4 Å². The lowest BCUT2D eigenvalue weighted by Gasteiger charge is -2.12.